The Morgan fingerprint density at radius 2 is 1.92 bits per heavy atom. The number of piperidine rings is 1. The first kappa shape index (κ1) is 15.4. The van der Waals surface area contributed by atoms with Gasteiger partial charge in [0.25, 0.3) is 0 Å². The van der Waals surface area contributed by atoms with E-state index in [0.717, 1.165) is 44.7 Å². The van der Waals surface area contributed by atoms with E-state index in [4.69, 9.17) is 4.52 Å². The zero-order valence-electron chi connectivity index (χ0n) is 14.3. The molecule has 5 heteroatoms. The Labute approximate surface area is 142 Å². The minimum Gasteiger partial charge on any atom is -0.342 e. The van der Waals surface area contributed by atoms with Crippen LogP contribution in [0.1, 0.15) is 54.4 Å². The summed E-state index contributed by atoms with van der Waals surface area (Å²) in [6.45, 7) is 5.49. The molecule has 2 aliphatic rings. The van der Waals surface area contributed by atoms with Crippen molar-refractivity contribution in [2.45, 2.75) is 50.9 Å². The van der Waals surface area contributed by atoms with Gasteiger partial charge in [-0.15, -0.1) is 0 Å². The standard InChI is InChI=1S/C19H23N3O2/c1-13-5-3-4-6-16(13)19(9-10-19)18(23)22-11-7-15(8-12-22)17-20-14(2)21-24-17/h3-6,15H,7-12H2,1-2H3. The van der Waals surface area contributed by atoms with Crippen molar-refractivity contribution in [2.75, 3.05) is 13.1 Å². The molecule has 5 nitrogen and oxygen atoms in total. The number of benzene rings is 1. The molecule has 2 fully saturated rings. The van der Waals surface area contributed by atoms with Crippen LogP contribution in [0.15, 0.2) is 28.8 Å². The summed E-state index contributed by atoms with van der Waals surface area (Å²) in [6.07, 6.45) is 3.74. The third kappa shape index (κ3) is 2.52. The molecule has 0 bridgehead atoms. The molecule has 0 N–H and O–H groups in total. The lowest BCUT2D eigenvalue weighted by Gasteiger charge is -2.33. The second kappa shape index (κ2) is 5.72. The number of likely N-dealkylation sites (tertiary alicyclic amines) is 1. The Hall–Kier alpha value is -2.17. The third-order valence-electron chi connectivity index (χ3n) is 5.49. The SMILES string of the molecule is Cc1noc(C2CCN(C(=O)C3(c4ccccc4C)CC3)CC2)n1. The lowest BCUT2D eigenvalue weighted by molar-refractivity contribution is -0.135. The van der Waals surface area contributed by atoms with Crippen LogP contribution >= 0.6 is 0 Å². The van der Waals surface area contributed by atoms with Gasteiger partial charge in [-0.3, -0.25) is 4.79 Å². The number of nitrogens with zero attached hydrogens (tertiary/aromatic N) is 3. The summed E-state index contributed by atoms with van der Waals surface area (Å²) in [5.74, 6) is 1.99. The first-order valence-electron chi connectivity index (χ1n) is 8.76. The quantitative estimate of drug-likeness (QED) is 0.870. The van der Waals surface area contributed by atoms with Crippen LogP contribution in [-0.2, 0) is 10.2 Å². The van der Waals surface area contributed by atoms with Crippen LogP contribution in [0.5, 0.6) is 0 Å². The van der Waals surface area contributed by atoms with Gasteiger partial charge in [-0.25, -0.2) is 0 Å². The van der Waals surface area contributed by atoms with Crippen LogP contribution in [0.3, 0.4) is 0 Å². The average Bonchev–Trinajstić information content (AvgIpc) is 3.29. The molecule has 24 heavy (non-hydrogen) atoms. The molecule has 1 amide bonds. The van der Waals surface area contributed by atoms with Gasteiger partial charge in [0.05, 0.1) is 5.41 Å². The molecule has 2 aromatic rings. The molecule has 0 radical (unpaired) electrons. The monoisotopic (exact) mass is 325 g/mol. The fraction of sp³-hybridized carbons (Fsp3) is 0.526. The zero-order chi connectivity index (χ0) is 16.7. The van der Waals surface area contributed by atoms with Gasteiger partial charge in [0.15, 0.2) is 5.82 Å². The average molecular weight is 325 g/mol. The third-order valence-corrected chi connectivity index (χ3v) is 5.49. The topological polar surface area (TPSA) is 59.2 Å². The van der Waals surface area contributed by atoms with Crippen molar-refractivity contribution >= 4 is 5.91 Å². The molecular formula is C19H23N3O2. The summed E-state index contributed by atoms with van der Waals surface area (Å²) in [5, 5.41) is 3.88. The van der Waals surface area contributed by atoms with Gasteiger partial charge in [0.1, 0.15) is 0 Å². The normalized spacial score (nSPS) is 20.2. The summed E-state index contributed by atoms with van der Waals surface area (Å²) < 4.78 is 5.30. The predicted molar refractivity (Wildman–Crippen MR) is 89.7 cm³/mol. The highest BCUT2D eigenvalue weighted by Gasteiger charge is 2.53. The van der Waals surface area contributed by atoms with Gasteiger partial charge in [-0.1, -0.05) is 29.4 Å². The minimum atomic E-state index is -0.265. The van der Waals surface area contributed by atoms with Gasteiger partial charge in [0.2, 0.25) is 11.8 Å². The molecule has 126 valence electrons. The van der Waals surface area contributed by atoms with E-state index in [1.807, 2.05) is 24.0 Å². The largest absolute Gasteiger partial charge is 0.342 e. The van der Waals surface area contributed by atoms with Gasteiger partial charge < -0.3 is 9.42 Å². The Bertz CT molecular complexity index is 755. The number of hydrogen-bond acceptors (Lipinski definition) is 4. The van der Waals surface area contributed by atoms with Crippen molar-refractivity contribution in [1.82, 2.24) is 15.0 Å². The number of carbonyl (C=O) groups is 1. The van der Waals surface area contributed by atoms with Crippen molar-refractivity contribution in [2.24, 2.45) is 0 Å². The first-order chi connectivity index (χ1) is 11.6. The number of aryl methyl sites for hydroxylation is 2. The van der Waals surface area contributed by atoms with Crippen molar-refractivity contribution in [3.63, 3.8) is 0 Å². The molecule has 0 spiro atoms. The van der Waals surface area contributed by atoms with E-state index in [1.165, 1.54) is 11.1 Å². The maximum absolute atomic E-state index is 13.2. The van der Waals surface area contributed by atoms with Gasteiger partial charge in [-0.2, -0.15) is 4.98 Å². The number of amides is 1. The Morgan fingerprint density at radius 1 is 1.21 bits per heavy atom. The highest BCUT2D eigenvalue weighted by Crippen LogP contribution is 2.51. The lowest BCUT2D eigenvalue weighted by atomic mass is 9.89. The molecule has 1 saturated heterocycles. The van der Waals surface area contributed by atoms with E-state index in [0.29, 0.717) is 11.7 Å². The highest BCUT2D eigenvalue weighted by molar-refractivity contribution is 5.91. The summed E-state index contributed by atoms with van der Waals surface area (Å²) in [7, 11) is 0. The second-order valence-electron chi connectivity index (χ2n) is 7.14. The minimum absolute atomic E-state index is 0.265. The Balaban J connectivity index is 1.46. The summed E-state index contributed by atoms with van der Waals surface area (Å²) in [6, 6.07) is 8.30. The molecule has 0 atom stereocenters. The lowest BCUT2D eigenvalue weighted by Crippen LogP contribution is -2.43. The van der Waals surface area contributed by atoms with Crippen LogP contribution in [0.2, 0.25) is 0 Å². The van der Waals surface area contributed by atoms with E-state index >= 15 is 0 Å². The fourth-order valence-corrected chi connectivity index (χ4v) is 3.94. The Kier molecular flexibility index (Phi) is 3.66. The van der Waals surface area contributed by atoms with Gasteiger partial charge in [0, 0.05) is 19.0 Å². The summed E-state index contributed by atoms with van der Waals surface area (Å²) in [4.78, 5) is 19.5. The predicted octanol–water partition coefficient (Wildman–Crippen LogP) is 3.12. The molecule has 1 aliphatic heterocycles. The molecule has 4 rings (SSSR count). The van der Waals surface area contributed by atoms with Crippen LogP contribution in [-0.4, -0.2) is 34.0 Å². The van der Waals surface area contributed by atoms with Crippen molar-refractivity contribution in [3.8, 4) is 0 Å². The molecule has 2 heterocycles. The van der Waals surface area contributed by atoms with Gasteiger partial charge in [-0.05, 0) is 50.7 Å². The van der Waals surface area contributed by atoms with Crippen molar-refractivity contribution in [3.05, 3.63) is 47.1 Å². The number of aromatic nitrogens is 2. The van der Waals surface area contributed by atoms with E-state index in [-0.39, 0.29) is 11.3 Å². The molecule has 1 aromatic heterocycles. The summed E-state index contributed by atoms with van der Waals surface area (Å²) in [5.41, 5.74) is 2.17. The van der Waals surface area contributed by atoms with Crippen LogP contribution < -0.4 is 0 Å². The molecule has 1 saturated carbocycles. The van der Waals surface area contributed by atoms with E-state index < -0.39 is 0 Å². The maximum atomic E-state index is 13.2. The molecule has 1 aliphatic carbocycles. The fourth-order valence-electron chi connectivity index (χ4n) is 3.94. The van der Waals surface area contributed by atoms with Crippen molar-refractivity contribution < 1.29 is 9.32 Å². The zero-order valence-corrected chi connectivity index (χ0v) is 14.3. The Morgan fingerprint density at radius 3 is 2.50 bits per heavy atom. The number of rotatable bonds is 3. The van der Waals surface area contributed by atoms with E-state index in [2.05, 4.69) is 29.2 Å². The molecule has 1 aromatic carbocycles. The van der Waals surface area contributed by atoms with Gasteiger partial charge >= 0.3 is 0 Å². The molecular weight excluding hydrogens is 302 g/mol. The first-order valence-corrected chi connectivity index (χ1v) is 8.76. The van der Waals surface area contributed by atoms with Crippen molar-refractivity contribution in [1.29, 1.82) is 0 Å². The van der Waals surface area contributed by atoms with E-state index in [9.17, 15) is 4.79 Å². The smallest absolute Gasteiger partial charge is 0.233 e. The number of carbonyl (C=O) groups excluding carboxylic acids is 1. The molecule has 0 unspecified atom stereocenters. The maximum Gasteiger partial charge on any atom is 0.233 e. The van der Waals surface area contributed by atoms with E-state index in [1.54, 1.807) is 0 Å². The number of hydrogen-bond donors (Lipinski definition) is 0. The summed E-state index contributed by atoms with van der Waals surface area (Å²) >= 11 is 0. The second-order valence-corrected chi connectivity index (χ2v) is 7.14. The van der Waals surface area contributed by atoms with Crippen LogP contribution in [0.25, 0.3) is 0 Å². The van der Waals surface area contributed by atoms with Crippen LogP contribution in [0, 0.1) is 13.8 Å². The highest BCUT2D eigenvalue weighted by atomic mass is 16.5. The van der Waals surface area contributed by atoms with Crippen LogP contribution in [0.4, 0.5) is 0 Å².